The molecule has 1 saturated heterocycles. The summed E-state index contributed by atoms with van der Waals surface area (Å²) in [5.41, 5.74) is 5.36. The van der Waals surface area contributed by atoms with Crippen molar-refractivity contribution in [1.29, 1.82) is 0 Å². The molecule has 1 aromatic carbocycles. The van der Waals surface area contributed by atoms with E-state index in [0.717, 1.165) is 5.56 Å². The highest BCUT2D eigenvalue weighted by Gasteiger charge is 2.41. The fourth-order valence-corrected chi connectivity index (χ4v) is 3.00. The lowest BCUT2D eigenvalue weighted by Crippen LogP contribution is -2.58. The topological polar surface area (TPSA) is 81.9 Å². The zero-order valence-corrected chi connectivity index (χ0v) is 15.6. The van der Waals surface area contributed by atoms with Crippen LogP contribution in [0.1, 0.15) is 25.8 Å². The van der Waals surface area contributed by atoms with Crippen molar-refractivity contribution in [3.63, 3.8) is 0 Å². The number of hydrogen-bond acceptors (Lipinski definition) is 4. The summed E-state index contributed by atoms with van der Waals surface area (Å²) in [4.78, 5) is 25.6. The summed E-state index contributed by atoms with van der Waals surface area (Å²) in [6.45, 7) is 6.82. The van der Waals surface area contributed by atoms with Crippen LogP contribution in [0.15, 0.2) is 18.2 Å². The van der Waals surface area contributed by atoms with Crippen LogP contribution in [-0.2, 0) is 14.3 Å². The summed E-state index contributed by atoms with van der Waals surface area (Å²) in [6.07, 6.45) is -0.0125. The molecule has 2 amide bonds. The number of carbonyl (C=O) groups excluding carboxylic acids is 2. The molecule has 1 atom stereocenters. The van der Waals surface area contributed by atoms with Gasteiger partial charge >= 0.3 is 0 Å². The maximum atomic E-state index is 12.3. The fraction of sp³-hybridized carbons (Fsp3) is 0.556. The lowest BCUT2D eigenvalue weighted by molar-refractivity contribution is -0.163. The van der Waals surface area contributed by atoms with Gasteiger partial charge in [-0.05, 0) is 30.7 Å². The minimum Gasteiger partial charge on any atom is -0.490 e. The van der Waals surface area contributed by atoms with Gasteiger partial charge < -0.3 is 20.1 Å². The van der Waals surface area contributed by atoms with Gasteiger partial charge in [0.2, 0.25) is 11.8 Å². The molecule has 0 radical (unpaired) electrons. The molecule has 0 unspecified atom stereocenters. The molecule has 2 N–H and O–H groups in total. The molecule has 0 spiro atoms. The Morgan fingerprint density at radius 2 is 2.16 bits per heavy atom. The summed E-state index contributed by atoms with van der Waals surface area (Å²) < 4.78 is 11.7. The number of hydrogen-bond donors (Lipinski definition) is 1. The van der Waals surface area contributed by atoms with Gasteiger partial charge in [-0.15, -0.1) is 0 Å². The molecule has 0 bridgehead atoms. The zero-order valence-electron chi connectivity index (χ0n) is 14.9. The number of carbonyl (C=O) groups is 2. The van der Waals surface area contributed by atoms with Gasteiger partial charge in [0.15, 0.2) is 0 Å². The van der Waals surface area contributed by atoms with Crippen molar-refractivity contribution in [2.75, 3.05) is 26.3 Å². The van der Waals surface area contributed by atoms with E-state index >= 15 is 0 Å². The Balaban J connectivity index is 2.14. The maximum absolute atomic E-state index is 12.3. The Kier molecular flexibility index (Phi) is 6.30. The first-order valence-corrected chi connectivity index (χ1v) is 8.70. The van der Waals surface area contributed by atoms with Crippen molar-refractivity contribution in [1.82, 2.24) is 4.90 Å². The van der Waals surface area contributed by atoms with Crippen LogP contribution in [0, 0.1) is 12.8 Å². The number of nitrogens with two attached hydrogens (primary N) is 1. The van der Waals surface area contributed by atoms with Gasteiger partial charge in [-0.3, -0.25) is 9.59 Å². The molecule has 2 rings (SSSR count). The molecular weight excluding hydrogens is 344 g/mol. The Labute approximate surface area is 153 Å². The zero-order chi connectivity index (χ0) is 18.6. The molecule has 1 aromatic rings. The van der Waals surface area contributed by atoms with E-state index in [1.54, 1.807) is 17.0 Å². The molecule has 7 heteroatoms. The number of primary amides is 1. The second-order valence-corrected chi connectivity index (χ2v) is 7.20. The Morgan fingerprint density at radius 3 is 2.76 bits per heavy atom. The molecule has 138 valence electrons. The molecule has 1 fully saturated rings. The SMILES string of the molecule is Cc1cc(OC[C@]2(CC(N)=O)CN(C(=O)C(C)C)CCO2)ccc1Cl. The van der Waals surface area contributed by atoms with Crippen LogP contribution in [0.3, 0.4) is 0 Å². The molecule has 0 saturated carbocycles. The van der Waals surface area contributed by atoms with E-state index in [0.29, 0.717) is 23.9 Å². The maximum Gasteiger partial charge on any atom is 0.225 e. The smallest absolute Gasteiger partial charge is 0.225 e. The molecule has 0 aromatic heterocycles. The summed E-state index contributed by atoms with van der Waals surface area (Å²) in [6, 6.07) is 5.33. The van der Waals surface area contributed by atoms with Crippen molar-refractivity contribution in [2.45, 2.75) is 32.8 Å². The van der Waals surface area contributed by atoms with Gasteiger partial charge in [0.1, 0.15) is 18.0 Å². The molecule has 25 heavy (non-hydrogen) atoms. The molecule has 1 aliphatic rings. The van der Waals surface area contributed by atoms with E-state index in [1.807, 2.05) is 26.8 Å². The summed E-state index contributed by atoms with van der Waals surface area (Å²) in [5, 5.41) is 0.654. The molecule has 1 aliphatic heterocycles. The van der Waals surface area contributed by atoms with Gasteiger partial charge in [0.25, 0.3) is 0 Å². The second-order valence-electron chi connectivity index (χ2n) is 6.79. The Morgan fingerprint density at radius 1 is 1.44 bits per heavy atom. The van der Waals surface area contributed by atoms with E-state index < -0.39 is 11.5 Å². The van der Waals surface area contributed by atoms with Crippen LogP contribution in [0.4, 0.5) is 0 Å². The first kappa shape index (κ1) is 19.5. The minimum absolute atomic E-state index is 0.0125. The summed E-state index contributed by atoms with van der Waals surface area (Å²) in [7, 11) is 0. The highest BCUT2D eigenvalue weighted by molar-refractivity contribution is 6.31. The van der Waals surface area contributed by atoms with Gasteiger partial charge in [-0.25, -0.2) is 0 Å². The van der Waals surface area contributed by atoms with E-state index in [-0.39, 0.29) is 31.4 Å². The highest BCUT2D eigenvalue weighted by Crippen LogP contribution is 2.27. The second kappa shape index (κ2) is 8.06. The predicted octanol–water partition coefficient (Wildman–Crippen LogP) is 2.16. The van der Waals surface area contributed by atoms with Crippen molar-refractivity contribution in [3.8, 4) is 5.75 Å². The van der Waals surface area contributed by atoms with Crippen LogP contribution < -0.4 is 10.5 Å². The fourth-order valence-electron chi connectivity index (χ4n) is 2.88. The number of halogens is 1. The number of nitrogens with zero attached hydrogens (tertiary/aromatic N) is 1. The average Bonchev–Trinajstić information content (AvgIpc) is 2.55. The van der Waals surface area contributed by atoms with E-state index in [9.17, 15) is 9.59 Å². The number of rotatable bonds is 6. The standard InChI is InChI=1S/C18H25ClN2O4/c1-12(2)17(23)21-6-7-25-18(10-21,9-16(20)22)11-24-14-4-5-15(19)13(3)8-14/h4-5,8,12H,6-7,9-11H2,1-3H3,(H2,20,22)/t18-/m0/s1. The van der Waals surface area contributed by atoms with Crippen molar-refractivity contribution >= 4 is 23.4 Å². The molecule has 1 heterocycles. The third-order valence-corrected chi connectivity index (χ3v) is 4.61. The quantitative estimate of drug-likeness (QED) is 0.834. The van der Waals surface area contributed by atoms with Crippen LogP contribution in [0.25, 0.3) is 0 Å². The third kappa shape index (κ3) is 5.09. The normalized spacial score (nSPS) is 20.6. The van der Waals surface area contributed by atoms with Crippen LogP contribution in [-0.4, -0.2) is 48.6 Å². The highest BCUT2D eigenvalue weighted by atomic mass is 35.5. The van der Waals surface area contributed by atoms with Crippen LogP contribution in [0.2, 0.25) is 5.02 Å². The van der Waals surface area contributed by atoms with E-state index in [4.69, 9.17) is 26.8 Å². The lowest BCUT2D eigenvalue weighted by atomic mass is 9.96. The molecular formula is C18H25ClN2O4. The molecule has 0 aliphatic carbocycles. The number of amides is 2. The minimum atomic E-state index is -0.942. The average molecular weight is 369 g/mol. The van der Waals surface area contributed by atoms with E-state index in [2.05, 4.69) is 0 Å². The van der Waals surface area contributed by atoms with Gasteiger partial charge in [-0.1, -0.05) is 25.4 Å². The molecule has 6 nitrogen and oxygen atoms in total. The van der Waals surface area contributed by atoms with Gasteiger partial charge in [0, 0.05) is 17.5 Å². The van der Waals surface area contributed by atoms with E-state index in [1.165, 1.54) is 0 Å². The first-order valence-electron chi connectivity index (χ1n) is 8.32. The van der Waals surface area contributed by atoms with Crippen LogP contribution >= 0.6 is 11.6 Å². The monoisotopic (exact) mass is 368 g/mol. The Bertz CT molecular complexity index is 650. The number of aryl methyl sites for hydroxylation is 1. The van der Waals surface area contributed by atoms with Crippen LogP contribution in [0.5, 0.6) is 5.75 Å². The van der Waals surface area contributed by atoms with Gasteiger partial charge in [-0.2, -0.15) is 0 Å². The number of benzene rings is 1. The number of morpholine rings is 1. The first-order chi connectivity index (χ1) is 11.7. The Hall–Kier alpha value is -1.79. The van der Waals surface area contributed by atoms with Crippen molar-refractivity contribution < 1.29 is 19.1 Å². The summed E-state index contributed by atoms with van der Waals surface area (Å²) >= 11 is 6.02. The van der Waals surface area contributed by atoms with Gasteiger partial charge in [0.05, 0.1) is 19.6 Å². The van der Waals surface area contributed by atoms with Crippen molar-refractivity contribution in [2.24, 2.45) is 11.7 Å². The lowest BCUT2D eigenvalue weighted by Gasteiger charge is -2.42. The largest absolute Gasteiger partial charge is 0.490 e. The summed E-state index contributed by atoms with van der Waals surface area (Å²) in [5.74, 6) is 0.0417. The third-order valence-electron chi connectivity index (χ3n) is 4.18. The predicted molar refractivity (Wildman–Crippen MR) is 95.6 cm³/mol. The number of ether oxygens (including phenoxy) is 2. The van der Waals surface area contributed by atoms with Crippen molar-refractivity contribution in [3.05, 3.63) is 28.8 Å².